The summed E-state index contributed by atoms with van der Waals surface area (Å²) in [6.07, 6.45) is 6.43. The highest BCUT2D eigenvalue weighted by atomic mass is 16.4. The molecule has 4 heteroatoms. The molecule has 1 aromatic rings. The van der Waals surface area contributed by atoms with Crippen LogP contribution in [0.25, 0.3) is 0 Å². The first-order chi connectivity index (χ1) is 6.18. The Hall–Kier alpha value is -1.71. The Kier molecular flexibility index (Phi) is 6.05. The molecule has 0 fully saturated rings. The number of aliphatic carboxylic acids is 1. The van der Waals surface area contributed by atoms with Gasteiger partial charge in [-0.25, -0.2) is 14.8 Å². The molecule has 70 valence electrons. The Morgan fingerprint density at radius 2 is 1.92 bits per heavy atom. The van der Waals surface area contributed by atoms with Gasteiger partial charge in [-0.1, -0.05) is 6.08 Å². The maximum absolute atomic E-state index is 9.86. The number of aromatic nitrogens is 2. The van der Waals surface area contributed by atoms with Crippen molar-refractivity contribution in [3.8, 4) is 0 Å². The second kappa shape index (κ2) is 6.97. The third kappa shape index (κ3) is 6.68. The van der Waals surface area contributed by atoms with E-state index in [0.29, 0.717) is 5.57 Å². The first-order valence-electron chi connectivity index (χ1n) is 3.74. The zero-order valence-corrected chi connectivity index (χ0v) is 7.64. The van der Waals surface area contributed by atoms with Crippen LogP contribution in [0.15, 0.2) is 36.4 Å². The topological polar surface area (TPSA) is 63.1 Å². The van der Waals surface area contributed by atoms with Crippen molar-refractivity contribution in [3.05, 3.63) is 36.4 Å². The van der Waals surface area contributed by atoms with E-state index in [9.17, 15) is 4.79 Å². The molecule has 0 aliphatic heterocycles. The lowest BCUT2D eigenvalue weighted by atomic mass is 10.3. The minimum Gasteiger partial charge on any atom is -0.478 e. The number of carboxylic acid groups (broad SMARTS) is 1. The molecule has 1 heterocycles. The number of allylic oxidation sites excluding steroid dienone is 1. The predicted octanol–water partition coefficient (Wildman–Crippen LogP) is 1.51. The number of hydrogen-bond acceptors (Lipinski definition) is 3. The van der Waals surface area contributed by atoms with Gasteiger partial charge in [0.25, 0.3) is 0 Å². The molecule has 1 rings (SSSR count). The quantitative estimate of drug-likeness (QED) is 0.665. The van der Waals surface area contributed by atoms with E-state index in [1.54, 1.807) is 38.4 Å². The second-order valence-corrected chi connectivity index (χ2v) is 2.18. The van der Waals surface area contributed by atoms with Gasteiger partial charge in [-0.05, 0) is 19.9 Å². The summed E-state index contributed by atoms with van der Waals surface area (Å²) in [6, 6.07) is 1.78. The van der Waals surface area contributed by atoms with E-state index in [2.05, 4.69) is 9.97 Å². The van der Waals surface area contributed by atoms with Crippen LogP contribution in [0, 0.1) is 0 Å². The van der Waals surface area contributed by atoms with Crippen molar-refractivity contribution in [1.29, 1.82) is 0 Å². The van der Waals surface area contributed by atoms with Crippen LogP contribution in [0.5, 0.6) is 0 Å². The molecule has 0 aliphatic rings. The van der Waals surface area contributed by atoms with E-state index in [0.717, 1.165) is 0 Å². The van der Waals surface area contributed by atoms with Gasteiger partial charge in [-0.3, -0.25) is 0 Å². The number of carboxylic acids is 1. The SMILES string of the molecule is CC=C(C)C(=O)O.c1cncnc1. The fraction of sp³-hybridized carbons (Fsp3) is 0.222. The van der Waals surface area contributed by atoms with Crippen molar-refractivity contribution in [3.63, 3.8) is 0 Å². The highest BCUT2D eigenvalue weighted by molar-refractivity contribution is 5.85. The zero-order chi connectivity index (χ0) is 10.1. The highest BCUT2D eigenvalue weighted by Gasteiger charge is 1.93. The van der Waals surface area contributed by atoms with Crippen molar-refractivity contribution in [2.45, 2.75) is 13.8 Å². The maximum atomic E-state index is 9.86. The van der Waals surface area contributed by atoms with Crippen molar-refractivity contribution >= 4 is 5.97 Å². The number of carbonyl (C=O) groups is 1. The highest BCUT2D eigenvalue weighted by Crippen LogP contribution is 1.87. The first kappa shape index (κ1) is 11.3. The molecule has 0 aromatic carbocycles. The van der Waals surface area contributed by atoms with Gasteiger partial charge in [0.1, 0.15) is 6.33 Å². The van der Waals surface area contributed by atoms with Gasteiger partial charge in [0.15, 0.2) is 0 Å². The van der Waals surface area contributed by atoms with Crippen LogP contribution < -0.4 is 0 Å². The third-order valence-electron chi connectivity index (χ3n) is 1.25. The lowest BCUT2D eigenvalue weighted by Gasteiger charge is -1.84. The number of hydrogen-bond donors (Lipinski definition) is 1. The van der Waals surface area contributed by atoms with Crippen molar-refractivity contribution in [2.24, 2.45) is 0 Å². The van der Waals surface area contributed by atoms with E-state index >= 15 is 0 Å². The van der Waals surface area contributed by atoms with Gasteiger partial charge in [-0.15, -0.1) is 0 Å². The Morgan fingerprint density at radius 3 is 2.00 bits per heavy atom. The first-order valence-corrected chi connectivity index (χ1v) is 3.74. The fourth-order valence-electron chi connectivity index (χ4n) is 0.377. The number of nitrogens with zero attached hydrogens (tertiary/aromatic N) is 2. The summed E-state index contributed by atoms with van der Waals surface area (Å²) in [7, 11) is 0. The Balaban J connectivity index is 0.000000223. The normalized spacial score (nSPS) is 9.85. The Labute approximate surface area is 77.0 Å². The molecule has 0 spiro atoms. The third-order valence-corrected chi connectivity index (χ3v) is 1.25. The Bertz CT molecular complexity index is 243. The molecular formula is C9H12N2O2. The molecule has 0 saturated carbocycles. The molecule has 0 bridgehead atoms. The van der Waals surface area contributed by atoms with Gasteiger partial charge in [0.05, 0.1) is 0 Å². The predicted molar refractivity (Wildman–Crippen MR) is 49.1 cm³/mol. The van der Waals surface area contributed by atoms with Crippen LogP contribution >= 0.6 is 0 Å². The van der Waals surface area contributed by atoms with Crippen molar-refractivity contribution < 1.29 is 9.90 Å². The van der Waals surface area contributed by atoms with Gasteiger partial charge < -0.3 is 5.11 Å². The smallest absolute Gasteiger partial charge is 0.330 e. The van der Waals surface area contributed by atoms with E-state index in [1.807, 2.05) is 0 Å². The average molecular weight is 180 g/mol. The summed E-state index contributed by atoms with van der Waals surface area (Å²) in [4.78, 5) is 17.2. The van der Waals surface area contributed by atoms with Crippen LogP contribution in [-0.4, -0.2) is 21.0 Å². The molecule has 0 unspecified atom stereocenters. The molecule has 0 atom stereocenters. The summed E-state index contributed by atoms with van der Waals surface area (Å²) >= 11 is 0. The average Bonchev–Trinajstić information content (AvgIpc) is 2.20. The van der Waals surface area contributed by atoms with Crippen LogP contribution in [0.2, 0.25) is 0 Å². The van der Waals surface area contributed by atoms with Gasteiger partial charge in [0.2, 0.25) is 0 Å². The molecular weight excluding hydrogens is 168 g/mol. The largest absolute Gasteiger partial charge is 0.478 e. The zero-order valence-electron chi connectivity index (χ0n) is 7.64. The summed E-state index contributed by atoms with van der Waals surface area (Å²) in [5.74, 6) is -0.845. The lowest BCUT2D eigenvalue weighted by Crippen LogP contribution is -1.93. The standard InChI is InChI=1S/C5H8O2.C4H4N2/c1-3-4(2)5(6)7;1-2-5-4-6-3-1/h3H,1-2H3,(H,6,7);1-4H. The molecule has 0 saturated heterocycles. The molecule has 1 aromatic heterocycles. The summed E-state index contributed by atoms with van der Waals surface area (Å²) < 4.78 is 0. The van der Waals surface area contributed by atoms with Gasteiger partial charge >= 0.3 is 5.97 Å². The minimum absolute atomic E-state index is 0.389. The van der Waals surface area contributed by atoms with Crippen molar-refractivity contribution in [2.75, 3.05) is 0 Å². The molecule has 4 nitrogen and oxygen atoms in total. The molecule has 1 N–H and O–H groups in total. The van der Waals surface area contributed by atoms with Crippen LogP contribution in [0.4, 0.5) is 0 Å². The monoisotopic (exact) mass is 180 g/mol. The minimum atomic E-state index is -0.845. The lowest BCUT2D eigenvalue weighted by molar-refractivity contribution is -0.132. The molecule has 0 aliphatic carbocycles. The maximum Gasteiger partial charge on any atom is 0.330 e. The summed E-state index contributed by atoms with van der Waals surface area (Å²) in [6.45, 7) is 3.26. The molecule has 13 heavy (non-hydrogen) atoms. The van der Waals surface area contributed by atoms with E-state index < -0.39 is 5.97 Å². The second-order valence-electron chi connectivity index (χ2n) is 2.18. The Morgan fingerprint density at radius 1 is 1.38 bits per heavy atom. The molecule has 0 radical (unpaired) electrons. The van der Waals surface area contributed by atoms with E-state index in [4.69, 9.17) is 5.11 Å². The summed E-state index contributed by atoms with van der Waals surface area (Å²) in [5, 5.41) is 8.11. The fourth-order valence-corrected chi connectivity index (χ4v) is 0.377. The molecule has 0 amide bonds. The van der Waals surface area contributed by atoms with E-state index in [-0.39, 0.29) is 0 Å². The van der Waals surface area contributed by atoms with E-state index in [1.165, 1.54) is 6.33 Å². The van der Waals surface area contributed by atoms with Crippen LogP contribution in [0.3, 0.4) is 0 Å². The van der Waals surface area contributed by atoms with Gasteiger partial charge in [0, 0.05) is 18.0 Å². The van der Waals surface area contributed by atoms with Gasteiger partial charge in [-0.2, -0.15) is 0 Å². The van der Waals surface area contributed by atoms with Crippen LogP contribution in [0.1, 0.15) is 13.8 Å². The van der Waals surface area contributed by atoms with Crippen molar-refractivity contribution in [1.82, 2.24) is 9.97 Å². The summed E-state index contributed by atoms with van der Waals surface area (Å²) in [5.41, 5.74) is 0.389. The number of rotatable bonds is 1. The van der Waals surface area contributed by atoms with Crippen LogP contribution in [-0.2, 0) is 4.79 Å².